The van der Waals surface area contributed by atoms with Crippen LogP contribution >= 0.6 is 0 Å². The summed E-state index contributed by atoms with van der Waals surface area (Å²) < 4.78 is 27.9. The molecule has 1 aliphatic carbocycles. The van der Waals surface area contributed by atoms with E-state index in [1.807, 2.05) is 0 Å². The normalized spacial score (nSPS) is 21.1. The van der Waals surface area contributed by atoms with Crippen molar-refractivity contribution >= 4 is 23.6 Å². The molecule has 3 aliphatic rings. The van der Waals surface area contributed by atoms with Crippen molar-refractivity contribution in [2.75, 3.05) is 0 Å². The molecule has 7 nitrogen and oxygen atoms in total. The van der Waals surface area contributed by atoms with Crippen LogP contribution in [0.25, 0.3) is 0 Å². The fourth-order valence-electron chi connectivity index (χ4n) is 4.92. The lowest BCUT2D eigenvalue weighted by Gasteiger charge is -2.34. The van der Waals surface area contributed by atoms with Crippen molar-refractivity contribution in [3.05, 3.63) is 70.3 Å². The third kappa shape index (κ3) is 3.95. The van der Waals surface area contributed by atoms with Gasteiger partial charge in [-0.3, -0.25) is 24.5 Å². The van der Waals surface area contributed by atoms with Crippen LogP contribution in [0.15, 0.2) is 36.4 Å². The number of carbonyl (C=O) groups is 4. The van der Waals surface area contributed by atoms with Gasteiger partial charge in [-0.25, -0.2) is 8.78 Å². The van der Waals surface area contributed by atoms with Gasteiger partial charge in [-0.2, -0.15) is 0 Å². The first-order valence-corrected chi connectivity index (χ1v) is 11.3. The molecule has 4 amide bonds. The molecule has 2 aromatic carbocycles. The number of benzene rings is 2. The van der Waals surface area contributed by atoms with Crippen LogP contribution in [0.2, 0.25) is 0 Å². The number of imide groups is 1. The minimum Gasteiger partial charge on any atom is -0.345 e. The molecule has 2 heterocycles. The molecular formula is C25H23F2N3O4. The molecule has 2 aromatic rings. The Labute approximate surface area is 194 Å². The minimum absolute atomic E-state index is 0.0583. The van der Waals surface area contributed by atoms with Crippen molar-refractivity contribution < 1.29 is 28.0 Å². The predicted molar refractivity (Wildman–Crippen MR) is 116 cm³/mol. The summed E-state index contributed by atoms with van der Waals surface area (Å²) in [6.45, 7) is 0.153. The summed E-state index contributed by atoms with van der Waals surface area (Å²) in [5.41, 5.74) is 1.57. The molecule has 34 heavy (non-hydrogen) atoms. The van der Waals surface area contributed by atoms with E-state index in [0.717, 1.165) is 25.3 Å². The van der Waals surface area contributed by atoms with Crippen LogP contribution in [0.3, 0.4) is 0 Å². The zero-order chi connectivity index (χ0) is 24.0. The highest BCUT2D eigenvalue weighted by atomic mass is 19.1. The van der Waals surface area contributed by atoms with Gasteiger partial charge >= 0.3 is 0 Å². The number of nitrogens with one attached hydrogen (secondary N) is 2. The molecule has 9 heteroatoms. The summed E-state index contributed by atoms with van der Waals surface area (Å²) in [6.07, 6.45) is 3.07. The first kappa shape index (κ1) is 22.2. The zero-order valence-electron chi connectivity index (χ0n) is 18.3. The second-order valence-electron chi connectivity index (χ2n) is 9.08. The largest absolute Gasteiger partial charge is 0.345 e. The number of nitrogens with zero attached hydrogens (tertiary/aromatic N) is 1. The average Bonchev–Trinajstić information content (AvgIpc) is 3.08. The molecular weight excluding hydrogens is 444 g/mol. The molecule has 0 radical (unpaired) electrons. The molecule has 1 saturated heterocycles. The molecule has 0 aromatic heterocycles. The molecule has 0 bridgehead atoms. The molecule has 2 fully saturated rings. The lowest BCUT2D eigenvalue weighted by atomic mass is 9.77. The highest BCUT2D eigenvalue weighted by Gasteiger charge is 2.39. The van der Waals surface area contributed by atoms with Crippen molar-refractivity contribution in [3.63, 3.8) is 0 Å². The highest BCUT2D eigenvalue weighted by molar-refractivity contribution is 6.06. The van der Waals surface area contributed by atoms with E-state index in [2.05, 4.69) is 10.6 Å². The smallest absolute Gasteiger partial charge is 0.255 e. The van der Waals surface area contributed by atoms with Crippen molar-refractivity contribution in [1.29, 1.82) is 0 Å². The van der Waals surface area contributed by atoms with Gasteiger partial charge in [-0.1, -0.05) is 12.5 Å². The quantitative estimate of drug-likeness (QED) is 0.661. The van der Waals surface area contributed by atoms with Crippen LogP contribution in [0, 0.1) is 17.6 Å². The second kappa shape index (κ2) is 8.62. The Morgan fingerprint density at radius 2 is 1.85 bits per heavy atom. The summed E-state index contributed by atoms with van der Waals surface area (Å²) >= 11 is 0. The Kier molecular flexibility index (Phi) is 5.63. The molecule has 1 saturated carbocycles. The summed E-state index contributed by atoms with van der Waals surface area (Å²) in [4.78, 5) is 51.0. The monoisotopic (exact) mass is 467 g/mol. The van der Waals surface area contributed by atoms with E-state index in [0.29, 0.717) is 16.7 Å². The molecule has 2 aliphatic heterocycles. The maximum atomic E-state index is 14.5. The number of halogens is 2. The van der Waals surface area contributed by atoms with Gasteiger partial charge in [0.15, 0.2) is 0 Å². The fraction of sp³-hybridized carbons (Fsp3) is 0.360. The zero-order valence-corrected chi connectivity index (χ0v) is 18.3. The molecule has 176 valence electrons. The van der Waals surface area contributed by atoms with E-state index in [4.69, 9.17) is 0 Å². The van der Waals surface area contributed by atoms with Gasteiger partial charge in [0.2, 0.25) is 11.8 Å². The maximum absolute atomic E-state index is 14.5. The van der Waals surface area contributed by atoms with Gasteiger partial charge in [0, 0.05) is 35.7 Å². The number of rotatable bonds is 5. The number of hydrogen-bond acceptors (Lipinski definition) is 4. The number of hydrogen-bond donors (Lipinski definition) is 2. The number of fused-ring (bicyclic) bond motifs is 1. The predicted octanol–water partition coefficient (Wildman–Crippen LogP) is 3.00. The fourth-order valence-corrected chi connectivity index (χ4v) is 4.92. The van der Waals surface area contributed by atoms with Gasteiger partial charge in [-0.05, 0) is 55.0 Å². The van der Waals surface area contributed by atoms with E-state index < -0.39 is 35.5 Å². The molecule has 5 rings (SSSR count). The first-order chi connectivity index (χ1) is 16.3. The third-order valence-electron chi connectivity index (χ3n) is 6.99. The highest BCUT2D eigenvalue weighted by Crippen LogP contribution is 2.39. The average molecular weight is 467 g/mol. The van der Waals surface area contributed by atoms with Crippen LogP contribution in [0.5, 0.6) is 0 Å². The molecule has 2 atom stereocenters. The number of amides is 4. The van der Waals surface area contributed by atoms with Crippen LogP contribution < -0.4 is 10.6 Å². The molecule has 2 N–H and O–H groups in total. The number of piperidine rings is 1. The van der Waals surface area contributed by atoms with Crippen molar-refractivity contribution in [2.45, 2.75) is 50.7 Å². The van der Waals surface area contributed by atoms with E-state index in [9.17, 15) is 28.0 Å². The van der Waals surface area contributed by atoms with Crippen LogP contribution in [-0.4, -0.2) is 34.6 Å². The SMILES string of the molecule is O=C1CC[C@H](N2Cc3cc(C(=O)N[C@H](c4ccc(F)cc4F)C4CCC4)ccc3C2=O)C(=O)N1. The maximum Gasteiger partial charge on any atom is 0.255 e. The van der Waals surface area contributed by atoms with Gasteiger partial charge in [0.05, 0.1) is 6.04 Å². The van der Waals surface area contributed by atoms with Crippen molar-refractivity contribution in [1.82, 2.24) is 15.5 Å². The van der Waals surface area contributed by atoms with E-state index >= 15 is 0 Å². The third-order valence-corrected chi connectivity index (χ3v) is 6.99. The minimum atomic E-state index is -0.737. The Hall–Kier alpha value is -3.62. The summed E-state index contributed by atoms with van der Waals surface area (Å²) in [6, 6.07) is 6.73. The van der Waals surface area contributed by atoms with Crippen LogP contribution in [-0.2, 0) is 16.1 Å². The van der Waals surface area contributed by atoms with Gasteiger partial charge in [0.1, 0.15) is 17.7 Å². The second-order valence-corrected chi connectivity index (χ2v) is 9.08. The van der Waals surface area contributed by atoms with Gasteiger partial charge in [0.25, 0.3) is 11.8 Å². The lowest BCUT2D eigenvalue weighted by molar-refractivity contribution is -0.136. The van der Waals surface area contributed by atoms with Gasteiger partial charge < -0.3 is 10.2 Å². The van der Waals surface area contributed by atoms with Crippen LogP contribution in [0.4, 0.5) is 8.78 Å². The summed E-state index contributed by atoms with van der Waals surface area (Å²) in [7, 11) is 0. The Bertz CT molecular complexity index is 1210. The van der Waals surface area contributed by atoms with E-state index in [1.54, 1.807) is 12.1 Å². The Morgan fingerprint density at radius 3 is 2.53 bits per heavy atom. The van der Waals surface area contributed by atoms with E-state index in [1.165, 1.54) is 23.1 Å². The topological polar surface area (TPSA) is 95.6 Å². The Morgan fingerprint density at radius 1 is 1.06 bits per heavy atom. The summed E-state index contributed by atoms with van der Waals surface area (Å²) in [5.74, 6) is -2.92. The van der Waals surface area contributed by atoms with E-state index in [-0.39, 0.29) is 42.7 Å². The molecule has 0 unspecified atom stereocenters. The summed E-state index contributed by atoms with van der Waals surface area (Å²) in [5, 5.41) is 5.16. The van der Waals surface area contributed by atoms with Crippen molar-refractivity contribution in [2.24, 2.45) is 5.92 Å². The van der Waals surface area contributed by atoms with Gasteiger partial charge in [-0.15, -0.1) is 0 Å². The van der Waals surface area contributed by atoms with Crippen LogP contribution in [0.1, 0.15) is 70.0 Å². The van der Waals surface area contributed by atoms with Crippen molar-refractivity contribution in [3.8, 4) is 0 Å². The standard InChI is InChI=1S/C25H23F2N3O4/c26-16-5-7-18(19(27)11-16)22(13-2-1-3-13)29-23(32)14-4-6-17-15(10-14)12-30(25(17)34)20-8-9-21(31)28-24(20)33/h4-7,10-11,13,20,22H,1-3,8-9,12H2,(H,29,32)(H,28,31,33)/t20-,22-/m0/s1. The molecule has 0 spiro atoms. The lowest BCUT2D eigenvalue weighted by Crippen LogP contribution is -2.52. The Balaban J connectivity index is 1.35. The number of carbonyl (C=O) groups excluding carboxylic acids is 4. The first-order valence-electron chi connectivity index (χ1n) is 11.3.